The molecule has 3 aliphatic carbocycles. The van der Waals surface area contributed by atoms with Crippen LogP contribution in [0.25, 0.3) is 11.5 Å². The Bertz CT molecular complexity index is 956. The van der Waals surface area contributed by atoms with Crippen LogP contribution in [0, 0.1) is 0 Å². The summed E-state index contributed by atoms with van der Waals surface area (Å²) in [5.41, 5.74) is 2.85. The molecular weight excluding hydrogens is 374 g/mol. The number of allylic oxidation sites excluding steroid dienone is 1. The lowest BCUT2D eigenvalue weighted by Gasteiger charge is -2.32. The molecule has 148 valence electrons. The summed E-state index contributed by atoms with van der Waals surface area (Å²) in [6, 6.07) is 0. The average molecular weight is 400 g/mol. The standard InChI is InChI=1S/C21H25N3O3S/c1-21(26-2)10-9-14-15(11-21)28-20(23-18(25)13-5-3-4-6-13)16(14)19-22-17(24-27-19)12-7-8-12/h5,12H,3-4,6-11H2,1-2H3,(H,23,25). The molecule has 1 N–H and O–H groups in total. The van der Waals surface area contributed by atoms with Gasteiger partial charge < -0.3 is 14.6 Å². The number of fused-ring (bicyclic) bond motifs is 1. The van der Waals surface area contributed by atoms with Gasteiger partial charge in [0.05, 0.1) is 11.2 Å². The monoisotopic (exact) mass is 399 g/mol. The Morgan fingerprint density at radius 1 is 1.39 bits per heavy atom. The fraction of sp³-hybridized carbons (Fsp3) is 0.571. The minimum absolute atomic E-state index is 0.00576. The topological polar surface area (TPSA) is 77.2 Å². The van der Waals surface area contributed by atoms with Gasteiger partial charge in [0.1, 0.15) is 5.00 Å². The van der Waals surface area contributed by atoms with Crippen molar-refractivity contribution in [3.05, 3.63) is 27.9 Å². The molecule has 2 aromatic heterocycles. The molecule has 28 heavy (non-hydrogen) atoms. The zero-order valence-corrected chi connectivity index (χ0v) is 17.2. The first kappa shape index (κ1) is 18.1. The molecule has 0 spiro atoms. The molecule has 1 unspecified atom stereocenters. The number of thiophene rings is 1. The Morgan fingerprint density at radius 2 is 2.25 bits per heavy atom. The van der Waals surface area contributed by atoms with Gasteiger partial charge in [0.2, 0.25) is 0 Å². The van der Waals surface area contributed by atoms with Gasteiger partial charge in [0.25, 0.3) is 11.8 Å². The lowest BCUT2D eigenvalue weighted by Crippen LogP contribution is -2.33. The normalized spacial score (nSPS) is 24.1. The molecule has 0 aliphatic heterocycles. The molecule has 2 aromatic rings. The zero-order chi connectivity index (χ0) is 19.3. The van der Waals surface area contributed by atoms with Gasteiger partial charge in [-0.1, -0.05) is 11.2 Å². The van der Waals surface area contributed by atoms with Crippen LogP contribution in [0.3, 0.4) is 0 Å². The van der Waals surface area contributed by atoms with Crippen molar-refractivity contribution >= 4 is 22.2 Å². The van der Waals surface area contributed by atoms with Gasteiger partial charge in [0.15, 0.2) is 5.82 Å². The third-order valence-electron chi connectivity index (χ3n) is 6.18. The number of amides is 1. The Morgan fingerprint density at radius 3 is 2.96 bits per heavy atom. The molecule has 1 saturated carbocycles. The molecule has 0 bridgehead atoms. The first-order valence-corrected chi connectivity index (χ1v) is 10.9. The van der Waals surface area contributed by atoms with E-state index in [4.69, 9.17) is 9.26 Å². The maximum absolute atomic E-state index is 12.8. The van der Waals surface area contributed by atoms with Gasteiger partial charge in [-0.2, -0.15) is 4.98 Å². The number of nitrogens with zero attached hydrogens (tertiary/aromatic N) is 2. The van der Waals surface area contributed by atoms with Crippen molar-refractivity contribution in [2.45, 2.75) is 69.8 Å². The van der Waals surface area contributed by atoms with Gasteiger partial charge in [-0.25, -0.2) is 0 Å². The zero-order valence-electron chi connectivity index (χ0n) is 16.3. The van der Waals surface area contributed by atoms with Gasteiger partial charge in [0, 0.05) is 29.9 Å². The van der Waals surface area contributed by atoms with E-state index in [0.717, 1.165) is 73.3 Å². The number of nitrogens with one attached hydrogen (secondary N) is 1. The van der Waals surface area contributed by atoms with E-state index in [1.54, 1.807) is 18.4 Å². The highest BCUT2D eigenvalue weighted by molar-refractivity contribution is 7.17. The lowest BCUT2D eigenvalue weighted by molar-refractivity contribution is -0.112. The molecule has 3 aliphatic rings. The number of aromatic nitrogens is 2. The fourth-order valence-electron chi connectivity index (χ4n) is 4.13. The molecule has 0 saturated heterocycles. The third-order valence-corrected chi connectivity index (χ3v) is 7.33. The first-order chi connectivity index (χ1) is 13.6. The Kier molecular flexibility index (Phi) is 4.39. The highest BCUT2D eigenvalue weighted by Gasteiger charge is 2.36. The van der Waals surface area contributed by atoms with E-state index in [1.807, 2.05) is 6.08 Å². The number of carbonyl (C=O) groups excluding carboxylic acids is 1. The van der Waals surface area contributed by atoms with Gasteiger partial charge in [-0.15, -0.1) is 11.3 Å². The SMILES string of the molecule is COC1(C)CCc2c(sc(NC(=O)C3=CCCC3)c2-c2nc(C3CC3)no2)C1. The second-order valence-corrected chi connectivity index (χ2v) is 9.45. The smallest absolute Gasteiger partial charge is 0.261 e. The molecule has 7 heteroatoms. The van der Waals surface area contributed by atoms with Crippen molar-refractivity contribution in [1.29, 1.82) is 0 Å². The number of anilines is 1. The quantitative estimate of drug-likeness (QED) is 0.794. The minimum atomic E-state index is -0.168. The van der Waals surface area contributed by atoms with E-state index < -0.39 is 0 Å². The number of ether oxygens (including phenoxy) is 1. The molecular formula is C21H25N3O3S. The van der Waals surface area contributed by atoms with Crippen LogP contribution in [0.1, 0.15) is 67.6 Å². The van der Waals surface area contributed by atoms with Crippen molar-refractivity contribution in [2.75, 3.05) is 12.4 Å². The molecule has 6 nitrogen and oxygen atoms in total. The lowest BCUT2D eigenvalue weighted by atomic mass is 9.84. The summed E-state index contributed by atoms with van der Waals surface area (Å²) in [7, 11) is 1.77. The Labute approximate surface area is 168 Å². The second kappa shape index (κ2) is 6.81. The van der Waals surface area contributed by atoms with Crippen LogP contribution >= 0.6 is 11.3 Å². The van der Waals surface area contributed by atoms with Crippen LogP contribution in [0.4, 0.5) is 5.00 Å². The third kappa shape index (κ3) is 3.20. The van der Waals surface area contributed by atoms with E-state index in [9.17, 15) is 4.79 Å². The number of hydrogen-bond acceptors (Lipinski definition) is 6. The number of methoxy groups -OCH3 is 1. The van der Waals surface area contributed by atoms with E-state index in [1.165, 1.54) is 10.4 Å². The molecule has 2 heterocycles. The Balaban J connectivity index is 1.53. The van der Waals surface area contributed by atoms with Gasteiger partial charge in [-0.3, -0.25) is 4.79 Å². The summed E-state index contributed by atoms with van der Waals surface area (Å²) in [6.45, 7) is 2.15. The minimum Gasteiger partial charge on any atom is -0.378 e. The predicted octanol–water partition coefficient (Wildman–Crippen LogP) is 4.62. The van der Waals surface area contributed by atoms with Crippen molar-refractivity contribution < 1.29 is 14.1 Å². The largest absolute Gasteiger partial charge is 0.378 e. The summed E-state index contributed by atoms with van der Waals surface area (Å²) >= 11 is 1.63. The average Bonchev–Trinajstić information content (AvgIpc) is 3.11. The van der Waals surface area contributed by atoms with Crippen LogP contribution < -0.4 is 5.32 Å². The van der Waals surface area contributed by atoms with E-state index in [2.05, 4.69) is 22.4 Å². The van der Waals surface area contributed by atoms with E-state index >= 15 is 0 Å². The molecule has 0 aromatic carbocycles. The highest BCUT2D eigenvalue weighted by atomic mass is 32.1. The second-order valence-electron chi connectivity index (χ2n) is 8.35. The van der Waals surface area contributed by atoms with Gasteiger partial charge in [-0.05, 0) is 57.4 Å². The van der Waals surface area contributed by atoms with Crippen LogP contribution in [0.15, 0.2) is 16.2 Å². The van der Waals surface area contributed by atoms with Crippen LogP contribution in [0.5, 0.6) is 0 Å². The molecule has 1 atom stereocenters. The summed E-state index contributed by atoms with van der Waals surface area (Å²) in [5, 5.41) is 8.17. The maximum Gasteiger partial charge on any atom is 0.261 e. The Hall–Kier alpha value is -1.99. The first-order valence-electron chi connectivity index (χ1n) is 10.1. The van der Waals surface area contributed by atoms with Gasteiger partial charge >= 0.3 is 0 Å². The number of hydrogen-bond donors (Lipinski definition) is 1. The number of carbonyl (C=O) groups is 1. The summed E-state index contributed by atoms with van der Waals surface area (Å²) in [4.78, 5) is 18.7. The van der Waals surface area contributed by atoms with Crippen LogP contribution in [-0.2, 0) is 22.4 Å². The summed E-state index contributed by atoms with van der Waals surface area (Å²) < 4.78 is 11.4. The van der Waals surface area contributed by atoms with Crippen molar-refractivity contribution in [2.24, 2.45) is 0 Å². The molecule has 0 radical (unpaired) electrons. The summed E-state index contributed by atoms with van der Waals surface area (Å²) in [6.07, 6.45) is 9.83. The van der Waals surface area contributed by atoms with E-state index in [-0.39, 0.29) is 11.5 Å². The fourth-order valence-corrected chi connectivity index (χ4v) is 5.54. The highest BCUT2D eigenvalue weighted by Crippen LogP contribution is 2.47. The van der Waals surface area contributed by atoms with E-state index in [0.29, 0.717) is 11.8 Å². The van der Waals surface area contributed by atoms with Crippen molar-refractivity contribution in [3.8, 4) is 11.5 Å². The predicted molar refractivity (Wildman–Crippen MR) is 108 cm³/mol. The molecule has 1 fully saturated rings. The number of rotatable bonds is 5. The van der Waals surface area contributed by atoms with Crippen LogP contribution in [0.2, 0.25) is 0 Å². The van der Waals surface area contributed by atoms with Crippen molar-refractivity contribution in [3.63, 3.8) is 0 Å². The van der Waals surface area contributed by atoms with Crippen LogP contribution in [-0.4, -0.2) is 28.8 Å². The summed E-state index contributed by atoms with van der Waals surface area (Å²) in [5.74, 6) is 1.76. The molecule has 5 rings (SSSR count). The maximum atomic E-state index is 12.8. The molecule has 1 amide bonds. The van der Waals surface area contributed by atoms with Crippen molar-refractivity contribution in [1.82, 2.24) is 10.1 Å².